The van der Waals surface area contributed by atoms with Gasteiger partial charge in [-0.2, -0.15) is 13.2 Å². The van der Waals surface area contributed by atoms with Gasteiger partial charge in [0.2, 0.25) is 0 Å². The SMILES string of the molecule is OCCN(CC(F)(F)F)c1ncc(Cl)cc1Cl. The monoisotopic (exact) mass is 288 g/mol. The Kier molecular flexibility index (Phi) is 4.85. The van der Waals surface area contributed by atoms with Crippen molar-refractivity contribution in [3.63, 3.8) is 0 Å². The van der Waals surface area contributed by atoms with E-state index >= 15 is 0 Å². The Morgan fingerprint density at radius 1 is 1.35 bits per heavy atom. The fourth-order valence-corrected chi connectivity index (χ4v) is 1.74. The lowest BCUT2D eigenvalue weighted by molar-refractivity contribution is -0.119. The quantitative estimate of drug-likeness (QED) is 0.926. The van der Waals surface area contributed by atoms with Crippen LogP contribution in [-0.4, -0.2) is 36.0 Å². The molecule has 0 aromatic carbocycles. The van der Waals surface area contributed by atoms with Crippen LogP contribution < -0.4 is 4.90 Å². The van der Waals surface area contributed by atoms with Gasteiger partial charge >= 0.3 is 6.18 Å². The van der Waals surface area contributed by atoms with Crippen molar-refractivity contribution in [1.29, 1.82) is 0 Å². The molecule has 3 nitrogen and oxygen atoms in total. The van der Waals surface area contributed by atoms with Crippen LogP contribution in [0, 0.1) is 0 Å². The zero-order valence-corrected chi connectivity index (χ0v) is 10.0. The van der Waals surface area contributed by atoms with Gasteiger partial charge in [0.15, 0.2) is 0 Å². The zero-order chi connectivity index (χ0) is 13.1. The Labute approximate surface area is 106 Å². The zero-order valence-electron chi connectivity index (χ0n) is 8.51. The summed E-state index contributed by atoms with van der Waals surface area (Å²) in [6, 6.07) is 1.30. The van der Waals surface area contributed by atoms with Gasteiger partial charge in [-0.3, -0.25) is 0 Å². The molecule has 0 bridgehead atoms. The van der Waals surface area contributed by atoms with Crippen molar-refractivity contribution in [3.05, 3.63) is 22.3 Å². The largest absolute Gasteiger partial charge is 0.405 e. The number of nitrogens with zero attached hydrogens (tertiary/aromatic N) is 2. The number of aromatic nitrogens is 1. The molecule has 0 aliphatic rings. The minimum absolute atomic E-state index is 0.00944. The van der Waals surface area contributed by atoms with E-state index in [4.69, 9.17) is 28.3 Å². The van der Waals surface area contributed by atoms with Crippen molar-refractivity contribution < 1.29 is 18.3 Å². The fourth-order valence-electron chi connectivity index (χ4n) is 1.24. The van der Waals surface area contributed by atoms with Gasteiger partial charge in [-0.05, 0) is 6.07 Å². The summed E-state index contributed by atoms with van der Waals surface area (Å²) < 4.78 is 36.9. The van der Waals surface area contributed by atoms with E-state index in [1.165, 1.54) is 12.3 Å². The van der Waals surface area contributed by atoms with Crippen LogP contribution in [0.3, 0.4) is 0 Å². The van der Waals surface area contributed by atoms with Crippen molar-refractivity contribution in [3.8, 4) is 0 Å². The van der Waals surface area contributed by atoms with Crippen LogP contribution >= 0.6 is 23.2 Å². The second kappa shape index (κ2) is 5.75. The van der Waals surface area contributed by atoms with E-state index < -0.39 is 19.3 Å². The Balaban J connectivity index is 2.97. The molecule has 0 amide bonds. The molecular weight excluding hydrogens is 280 g/mol. The van der Waals surface area contributed by atoms with Crippen molar-refractivity contribution in [1.82, 2.24) is 4.98 Å². The summed E-state index contributed by atoms with van der Waals surface area (Å²) in [5, 5.41) is 8.98. The van der Waals surface area contributed by atoms with Crippen molar-refractivity contribution in [2.75, 3.05) is 24.6 Å². The molecule has 8 heteroatoms. The average Bonchev–Trinajstić information content (AvgIpc) is 2.14. The number of anilines is 1. The number of pyridine rings is 1. The summed E-state index contributed by atoms with van der Waals surface area (Å²) >= 11 is 11.3. The van der Waals surface area contributed by atoms with Crippen LogP contribution in [0.2, 0.25) is 10.0 Å². The summed E-state index contributed by atoms with van der Waals surface area (Å²) in [4.78, 5) is 4.58. The maximum atomic E-state index is 12.3. The highest BCUT2D eigenvalue weighted by Crippen LogP contribution is 2.28. The predicted molar refractivity (Wildman–Crippen MR) is 59.6 cm³/mol. The Morgan fingerprint density at radius 2 is 2.00 bits per heavy atom. The summed E-state index contributed by atoms with van der Waals surface area (Å²) in [7, 11) is 0. The maximum Gasteiger partial charge on any atom is 0.405 e. The van der Waals surface area contributed by atoms with E-state index in [0.29, 0.717) is 0 Å². The van der Waals surface area contributed by atoms with Gasteiger partial charge in [-0.25, -0.2) is 4.98 Å². The summed E-state index contributed by atoms with van der Waals surface area (Å²) in [5.74, 6) is -0.0533. The smallest absolute Gasteiger partial charge is 0.395 e. The molecule has 0 spiro atoms. The summed E-state index contributed by atoms with van der Waals surface area (Å²) in [6.07, 6.45) is -3.21. The van der Waals surface area contributed by atoms with Crippen LogP contribution in [0.1, 0.15) is 0 Å². The highest BCUT2D eigenvalue weighted by atomic mass is 35.5. The van der Waals surface area contributed by atoms with Crippen LogP contribution in [0.15, 0.2) is 12.3 Å². The first-order valence-electron chi connectivity index (χ1n) is 4.57. The molecule has 17 heavy (non-hydrogen) atoms. The lowest BCUT2D eigenvalue weighted by Gasteiger charge is -2.24. The lowest BCUT2D eigenvalue weighted by atomic mass is 10.4. The topological polar surface area (TPSA) is 36.4 Å². The molecule has 1 N–H and O–H groups in total. The van der Waals surface area contributed by atoms with Gasteiger partial charge in [0.1, 0.15) is 12.4 Å². The molecule has 1 heterocycles. The first kappa shape index (κ1) is 14.3. The molecule has 0 aliphatic heterocycles. The third-order valence-corrected chi connectivity index (χ3v) is 2.31. The number of hydrogen-bond acceptors (Lipinski definition) is 3. The number of aliphatic hydroxyl groups excluding tert-OH is 1. The number of halogens is 5. The van der Waals surface area contributed by atoms with Gasteiger partial charge in [-0.15, -0.1) is 0 Å². The van der Waals surface area contributed by atoms with E-state index in [0.717, 1.165) is 4.90 Å². The molecule has 0 saturated heterocycles. The lowest BCUT2D eigenvalue weighted by Crippen LogP contribution is -2.37. The van der Waals surface area contributed by atoms with E-state index in [-0.39, 0.29) is 22.4 Å². The first-order chi connectivity index (χ1) is 7.83. The average molecular weight is 289 g/mol. The normalized spacial score (nSPS) is 11.6. The van der Waals surface area contributed by atoms with Crippen molar-refractivity contribution in [2.45, 2.75) is 6.18 Å². The van der Waals surface area contributed by atoms with Crippen LogP contribution in [0.4, 0.5) is 19.0 Å². The Hall–Kier alpha value is -0.720. The molecule has 1 rings (SSSR count). The Morgan fingerprint density at radius 3 is 2.47 bits per heavy atom. The number of alkyl halides is 3. The molecule has 1 aromatic heterocycles. The standard InChI is InChI=1S/C9H9Cl2F3N2O/c10-6-3-7(11)8(15-4-6)16(1-2-17)5-9(12,13)14/h3-4,17H,1-2,5H2. The van der Waals surface area contributed by atoms with Gasteiger partial charge < -0.3 is 10.0 Å². The Bertz CT molecular complexity index is 387. The highest BCUT2D eigenvalue weighted by Gasteiger charge is 2.31. The minimum atomic E-state index is -4.40. The summed E-state index contributed by atoms with van der Waals surface area (Å²) in [6.45, 7) is -1.88. The number of rotatable bonds is 4. The number of hydrogen-bond donors (Lipinski definition) is 1. The van der Waals surface area contributed by atoms with Crippen molar-refractivity contribution in [2.24, 2.45) is 0 Å². The van der Waals surface area contributed by atoms with E-state index in [1.54, 1.807) is 0 Å². The fraction of sp³-hybridized carbons (Fsp3) is 0.444. The van der Waals surface area contributed by atoms with E-state index in [9.17, 15) is 13.2 Å². The maximum absolute atomic E-state index is 12.3. The van der Waals surface area contributed by atoms with Gasteiger partial charge in [-0.1, -0.05) is 23.2 Å². The molecule has 0 unspecified atom stereocenters. The third kappa shape index (κ3) is 4.57. The molecule has 1 aromatic rings. The van der Waals surface area contributed by atoms with E-state index in [1.807, 2.05) is 0 Å². The van der Waals surface area contributed by atoms with Crippen LogP contribution in [0.5, 0.6) is 0 Å². The molecule has 0 aliphatic carbocycles. The first-order valence-corrected chi connectivity index (χ1v) is 5.32. The molecular formula is C9H9Cl2F3N2O. The highest BCUT2D eigenvalue weighted by molar-refractivity contribution is 6.36. The molecule has 96 valence electrons. The predicted octanol–water partition coefficient (Wildman–Crippen LogP) is 2.75. The third-order valence-electron chi connectivity index (χ3n) is 1.83. The van der Waals surface area contributed by atoms with Crippen LogP contribution in [0.25, 0.3) is 0 Å². The second-order valence-corrected chi connectivity index (χ2v) is 4.06. The van der Waals surface area contributed by atoms with E-state index in [2.05, 4.69) is 4.98 Å². The minimum Gasteiger partial charge on any atom is -0.395 e. The van der Waals surface area contributed by atoms with Gasteiger partial charge in [0, 0.05) is 12.7 Å². The van der Waals surface area contributed by atoms with Gasteiger partial charge in [0.25, 0.3) is 0 Å². The molecule has 0 saturated carbocycles. The van der Waals surface area contributed by atoms with Crippen LogP contribution in [-0.2, 0) is 0 Å². The van der Waals surface area contributed by atoms with Gasteiger partial charge in [0.05, 0.1) is 16.7 Å². The number of aliphatic hydroxyl groups is 1. The second-order valence-electron chi connectivity index (χ2n) is 3.22. The molecule has 0 radical (unpaired) electrons. The molecule has 0 fully saturated rings. The summed E-state index contributed by atoms with van der Waals surface area (Å²) in [5.41, 5.74) is 0. The van der Waals surface area contributed by atoms with Crippen molar-refractivity contribution >= 4 is 29.0 Å². The molecule has 0 atom stereocenters.